The number of hydrogen-bond acceptors (Lipinski definition) is 3. The number of nitrogens with zero attached hydrogens (tertiary/aromatic N) is 2. The van der Waals surface area contributed by atoms with Crippen LogP contribution in [-0.4, -0.2) is 4.98 Å². The predicted octanol–water partition coefficient (Wildman–Crippen LogP) is 4.30. The Kier molecular flexibility index (Phi) is 3.25. The quantitative estimate of drug-likeness (QED) is 0.759. The van der Waals surface area contributed by atoms with Gasteiger partial charge in [-0.2, -0.15) is 5.26 Å². The van der Waals surface area contributed by atoms with Crippen molar-refractivity contribution in [2.24, 2.45) is 0 Å². The summed E-state index contributed by atoms with van der Waals surface area (Å²) in [5.41, 5.74) is 3.41. The lowest BCUT2D eigenvalue weighted by atomic mass is 10.1. The second-order valence-electron chi connectivity index (χ2n) is 4.79. The average molecular weight is 277 g/mol. The molecule has 3 nitrogen and oxygen atoms in total. The molecule has 21 heavy (non-hydrogen) atoms. The molecule has 1 N–H and O–H groups in total. The number of benzene rings is 2. The van der Waals surface area contributed by atoms with E-state index in [0.717, 1.165) is 22.3 Å². The van der Waals surface area contributed by atoms with Crippen molar-refractivity contribution in [3.05, 3.63) is 65.6 Å². The van der Waals surface area contributed by atoms with Gasteiger partial charge >= 0.3 is 0 Å². The first-order valence-corrected chi connectivity index (χ1v) is 6.50. The molecule has 3 rings (SSSR count). The summed E-state index contributed by atoms with van der Waals surface area (Å²) in [7, 11) is 0. The maximum atomic E-state index is 13.5. The highest BCUT2D eigenvalue weighted by molar-refractivity contribution is 5.93. The van der Waals surface area contributed by atoms with Crippen LogP contribution in [0, 0.1) is 24.1 Å². The van der Waals surface area contributed by atoms with Gasteiger partial charge in [0, 0.05) is 22.5 Å². The molecule has 0 unspecified atom stereocenters. The van der Waals surface area contributed by atoms with Crippen molar-refractivity contribution in [3.63, 3.8) is 0 Å². The Morgan fingerprint density at radius 3 is 2.76 bits per heavy atom. The summed E-state index contributed by atoms with van der Waals surface area (Å²) < 4.78 is 13.5. The summed E-state index contributed by atoms with van der Waals surface area (Å²) in [4.78, 5) is 4.46. The highest BCUT2D eigenvalue weighted by atomic mass is 19.1. The van der Waals surface area contributed by atoms with Crippen molar-refractivity contribution in [3.8, 4) is 6.07 Å². The molecular formula is C17H12FN3. The van der Waals surface area contributed by atoms with Crippen LogP contribution in [0.2, 0.25) is 0 Å². The van der Waals surface area contributed by atoms with Gasteiger partial charge in [0.25, 0.3) is 0 Å². The number of anilines is 2. The number of aryl methyl sites for hydroxylation is 1. The number of nitriles is 1. The largest absolute Gasteiger partial charge is 0.355 e. The van der Waals surface area contributed by atoms with Crippen molar-refractivity contribution in [2.45, 2.75) is 6.92 Å². The van der Waals surface area contributed by atoms with Crippen LogP contribution in [0.5, 0.6) is 0 Å². The molecule has 4 heteroatoms. The molecule has 0 saturated heterocycles. The van der Waals surface area contributed by atoms with Gasteiger partial charge in [0.1, 0.15) is 5.82 Å². The molecule has 0 amide bonds. The van der Waals surface area contributed by atoms with Crippen molar-refractivity contribution >= 4 is 22.3 Å². The normalized spacial score (nSPS) is 10.3. The number of halogens is 1. The van der Waals surface area contributed by atoms with E-state index in [9.17, 15) is 4.39 Å². The van der Waals surface area contributed by atoms with Crippen LogP contribution in [0.1, 0.15) is 11.3 Å². The van der Waals surface area contributed by atoms with Crippen LogP contribution in [0.25, 0.3) is 10.9 Å². The lowest BCUT2D eigenvalue weighted by Crippen LogP contribution is -1.96. The zero-order valence-electron chi connectivity index (χ0n) is 11.4. The van der Waals surface area contributed by atoms with Crippen LogP contribution in [0.15, 0.2) is 48.5 Å². The predicted molar refractivity (Wildman–Crippen MR) is 80.9 cm³/mol. The number of hydrogen-bond donors (Lipinski definition) is 1. The minimum Gasteiger partial charge on any atom is -0.355 e. The highest BCUT2D eigenvalue weighted by Gasteiger charge is 2.06. The number of aromatic nitrogens is 1. The molecule has 0 aliphatic rings. The molecule has 0 aliphatic heterocycles. The summed E-state index contributed by atoms with van der Waals surface area (Å²) >= 11 is 0. The molecular weight excluding hydrogens is 265 g/mol. The Balaban J connectivity index is 2.10. The Morgan fingerprint density at radius 1 is 1.14 bits per heavy atom. The third-order valence-electron chi connectivity index (χ3n) is 3.15. The summed E-state index contributed by atoms with van der Waals surface area (Å²) in [5, 5.41) is 13.0. The monoisotopic (exact) mass is 277 g/mol. The van der Waals surface area contributed by atoms with E-state index in [4.69, 9.17) is 5.26 Å². The Labute approximate surface area is 121 Å². The van der Waals surface area contributed by atoms with Gasteiger partial charge in [0.15, 0.2) is 0 Å². The molecule has 0 bridgehead atoms. The van der Waals surface area contributed by atoms with E-state index < -0.39 is 5.82 Å². The van der Waals surface area contributed by atoms with Crippen molar-refractivity contribution < 1.29 is 4.39 Å². The molecule has 102 valence electrons. The fraction of sp³-hybridized carbons (Fsp3) is 0.0588. The van der Waals surface area contributed by atoms with Gasteiger partial charge in [-0.15, -0.1) is 0 Å². The molecule has 1 aromatic heterocycles. The van der Waals surface area contributed by atoms with Gasteiger partial charge < -0.3 is 5.32 Å². The zero-order valence-corrected chi connectivity index (χ0v) is 11.4. The summed E-state index contributed by atoms with van der Waals surface area (Å²) in [6, 6.07) is 15.8. The smallest absolute Gasteiger partial charge is 0.126 e. The van der Waals surface area contributed by atoms with Crippen molar-refractivity contribution in [1.82, 2.24) is 4.98 Å². The Morgan fingerprint density at radius 2 is 1.95 bits per heavy atom. The van der Waals surface area contributed by atoms with Crippen LogP contribution < -0.4 is 5.32 Å². The van der Waals surface area contributed by atoms with Gasteiger partial charge in [-0.25, -0.2) is 4.39 Å². The molecule has 3 aromatic rings. The third kappa shape index (κ3) is 2.67. The van der Waals surface area contributed by atoms with E-state index in [1.807, 2.05) is 43.3 Å². The lowest BCUT2D eigenvalue weighted by molar-refractivity contribution is 0.628. The standard InChI is InChI=1S/C17H12FN3/c1-11-6-17(15-4-2-3-5-16(15)20-11)21-14-8-12(10-19)7-13(18)9-14/h2-9H,1H3,(H,20,21). The number of fused-ring (bicyclic) bond motifs is 1. The highest BCUT2D eigenvalue weighted by Crippen LogP contribution is 2.27. The third-order valence-corrected chi connectivity index (χ3v) is 3.15. The molecule has 1 heterocycles. The summed E-state index contributed by atoms with van der Waals surface area (Å²) in [5.74, 6) is -0.438. The van der Waals surface area contributed by atoms with E-state index in [1.165, 1.54) is 12.1 Å². The van der Waals surface area contributed by atoms with Gasteiger partial charge in [-0.05, 0) is 37.3 Å². The molecule has 0 aliphatic carbocycles. The zero-order chi connectivity index (χ0) is 14.8. The van der Waals surface area contributed by atoms with E-state index >= 15 is 0 Å². The first-order chi connectivity index (χ1) is 10.2. The lowest BCUT2D eigenvalue weighted by Gasteiger charge is -2.11. The number of para-hydroxylation sites is 1. The molecule has 0 spiro atoms. The Bertz CT molecular complexity index is 866. The van der Waals surface area contributed by atoms with Crippen molar-refractivity contribution in [1.29, 1.82) is 5.26 Å². The number of pyridine rings is 1. The second kappa shape index (κ2) is 5.22. The molecule has 0 saturated carbocycles. The van der Waals surface area contributed by atoms with Gasteiger partial charge in [-0.3, -0.25) is 4.98 Å². The van der Waals surface area contributed by atoms with Gasteiger partial charge in [0.05, 0.1) is 17.1 Å². The first kappa shape index (κ1) is 13.1. The molecule has 0 atom stereocenters. The fourth-order valence-corrected chi connectivity index (χ4v) is 2.29. The second-order valence-corrected chi connectivity index (χ2v) is 4.79. The van der Waals surface area contributed by atoms with Gasteiger partial charge in [-0.1, -0.05) is 18.2 Å². The van der Waals surface area contributed by atoms with E-state index in [0.29, 0.717) is 5.69 Å². The van der Waals surface area contributed by atoms with Gasteiger partial charge in [0.2, 0.25) is 0 Å². The van der Waals surface area contributed by atoms with E-state index in [2.05, 4.69) is 10.3 Å². The number of rotatable bonds is 2. The minimum atomic E-state index is -0.438. The van der Waals surface area contributed by atoms with Crippen LogP contribution in [0.4, 0.5) is 15.8 Å². The average Bonchev–Trinajstić information content (AvgIpc) is 2.46. The fourth-order valence-electron chi connectivity index (χ4n) is 2.29. The maximum absolute atomic E-state index is 13.5. The molecule has 2 aromatic carbocycles. The van der Waals surface area contributed by atoms with Crippen molar-refractivity contribution in [2.75, 3.05) is 5.32 Å². The van der Waals surface area contributed by atoms with E-state index in [-0.39, 0.29) is 5.56 Å². The topological polar surface area (TPSA) is 48.7 Å². The number of nitrogens with one attached hydrogen (secondary N) is 1. The van der Waals surface area contributed by atoms with Crippen LogP contribution >= 0.6 is 0 Å². The minimum absolute atomic E-state index is 0.285. The SMILES string of the molecule is Cc1cc(Nc2cc(F)cc(C#N)c2)c2ccccc2n1. The Hall–Kier alpha value is -2.93. The maximum Gasteiger partial charge on any atom is 0.126 e. The van der Waals surface area contributed by atoms with Crippen LogP contribution in [0.3, 0.4) is 0 Å². The van der Waals surface area contributed by atoms with E-state index in [1.54, 1.807) is 6.07 Å². The summed E-state index contributed by atoms with van der Waals surface area (Å²) in [6.45, 7) is 1.91. The van der Waals surface area contributed by atoms with Crippen LogP contribution in [-0.2, 0) is 0 Å². The molecule has 0 fully saturated rings. The molecule has 0 radical (unpaired) electrons. The summed E-state index contributed by atoms with van der Waals surface area (Å²) in [6.07, 6.45) is 0. The first-order valence-electron chi connectivity index (χ1n) is 6.50.